The van der Waals surface area contributed by atoms with E-state index in [0.29, 0.717) is 18.6 Å². The number of aryl methyl sites for hydroxylation is 1. The first-order valence-electron chi connectivity index (χ1n) is 11.5. The van der Waals surface area contributed by atoms with Gasteiger partial charge in [0.1, 0.15) is 0 Å². The molecule has 0 bridgehead atoms. The minimum Gasteiger partial charge on any atom is -0.481 e. The molecule has 0 aliphatic heterocycles. The van der Waals surface area contributed by atoms with E-state index in [-0.39, 0.29) is 0 Å². The molecule has 0 spiro atoms. The van der Waals surface area contributed by atoms with E-state index in [1.807, 2.05) is 18.2 Å². The van der Waals surface area contributed by atoms with Crippen molar-refractivity contribution in [1.82, 2.24) is 0 Å². The molecule has 0 radical (unpaired) electrons. The maximum Gasteiger partial charge on any atom is 0.303 e. The summed E-state index contributed by atoms with van der Waals surface area (Å²) in [5.41, 5.74) is 2.16. The Hall–Kier alpha value is -1.64. The fraction of sp³-hybridized carbons (Fsp3) is 0.680. The smallest absolute Gasteiger partial charge is 0.303 e. The van der Waals surface area contributed by atoms with Crippen molar-refractivity contribution in [2.45, 2.75) is 110 Å². The van der Waals surface area contributed by atoms with Crippen LogP contribution in [-0.4, -0.2) is 16.9 Å². The summed E-state index contributed by atoms with van der Waals surface area (Å²) in [6, 6.07) is 8.12. The number of rotatable bonds is 18. The molecule has 0 unspecified atom stereocenters. The second-order valence-corrected chi connectivity index (χ2v) is 7.97. The summed E-state index contributed by atoms with van der Waals surface area (Å²) in [7, 11) is 0. The van der Waals surface area contributed by atoms with Crippen molar-refractivity contribution in [3.63, 3.8) is 0 Å². The summed E-state index contributed by atoms with van der Waals surface area (Å²) in [6.45, 7) is 2.06. The van der Waals surface area contributed by atoms with Crippen molar-refractivity contribution in [3.05, 3.63) is 35.4 Å². The van der Waals surface area contributed by atoms with Gasteiger partial charge in [0.2, 0.25) is 0 Å². The van der Waals surface area contributed by atoms with E-state index >= 15 is 0 Å². The highest BCUT2D eigenvalue weighted by molar-refractivity contribution is 5.97. The Morgan fingerprint density at radius 3 is 1.75 bits per heavy atom. The van der Waals surface area contributed by atoms with Crippen LogP contribution in [0, 0.1) is 0 Å². The van der Waals surface area contributed by atoms with E-state index in [4.69, 9.17) is 5.11 Å². The van der Waals surface area contributed by atoms with Gasteiger partial charge in [-0.1, -0.05) is 95.4 Å². The predicted molar refractivity (Wildman–Crippen MR) is 117 cm³/mol. The Labute approximate surface area is 171 Å². The molecular weight excluding hydrogens is 348 g/mol. The number of carbonyl (C=O) groups excluding carboxylic acids is 1. The molecule has 0 fully saturated rings. The van der Waals surface area contributed by atoms with Gasteiger partial charge in [0.05, 0.1) is 0 Å². The van der Waals surface area contributed by atoms with Gasteiger partial charge in [-0.15, -0.1) is 0 Å². The summed E-state index contributed by atoms with van der Waals surface area (Å²) in [5, 5.41) is 8.59. The zero-order valence-electron chi connectivity index (χ0n) is 17.9. The van der Waals surface area contributed by atoms with E-state index < -0.39 is 5.97 Å². The van der Waals surface area contributed by atoms with Crippen LogP contribution >= 0.6 is 0 Å². The molecule has 0 heterocycles. The van der Waals surface area contributed by atoms with Gasteiger partial charge in [-0.3, -0.25) is 9.59 Å². The number of hydrogen-bond acceptors (Lipinski definition) is 2. The van der Waals surface area contributed by atoms with Crippen LogP contribution < -0.4 is 0 Å². The summed E-state index contributed by atoms with van der Waals surface area (Å²) >= 11 is 0. The number of ketones is 1. The Morgan fingerprint density at radius 2 is 1.21 bits per heavy atom. The second-order valence-electron chi connectivity index (χ2n) is 7.97. The summed E-state index contributed by atoms with van der Waals surface area (Å²) in [5.74, 6) is -0.380. The van der Waals surface area contributed by atoms with Crippen molar-refractivity contribution >= 4 is 11.8 Å². The Bertz CT molecular complexity index is 550. The van der Waals surface area contributed by atoms with Gasteiger partial charge >= 0.3 is 5.97 Å². The third-order valence-electron chi connectivity index (χ3n) is 5.38. The van der Waals surface area contributed by atoms with Crippen molar-refractivity contribution in [2.75, 3.05) is 0 Å². The van der Waals surface area contributed by atoms with Gasteiger partial charge in [0, 0.05) is 18.4 Å². The van der Waals surface area contributed by atoms with E-state index in [0.717, 1.165) is 31.2 Å². The van der Waals surface area contributed by atoms with Crippen LogP contribution in [0.1, 0.15) is 119 Å². The largest absolute Gasteiger partial charge is 0.481 e. The first kappa shape index (κ1) is 24.4. The molecule has 1 aromatic rings. The molecule has 158 valence electrons. The van der Waals surface area contributed by atoms with Crippen LogP contribution in [0.25, 0.3) is 0 Å². The molecule has 0 aromatic heterocycles. The lowest BCUT2D eigenvalue weighted by molar-refractivity contribution is -0.137. The Morgan fingerprint density at radius 1 is 0.714 bits per heavy atom. The number of aliphatic carboxylic acids is 1. The quantitative estimate of drug-likeness (QED) is 0.211. The molecule has 0 saturated carbocycles. The minimum atomic E-state index is -0.672. The molecule has 3 heteroatoms. The molecule has 1 aromatic carbocycles. The number of carbonyl (C=O) groups is 2. The Kier molecular flexibility index (Phi) is 14.2. The third kappa shape index (κ3) is 11.9. The fourth-order valence-electron chi connectivity index (χ4n) is 3.73. The predicted octanol–water partition coefficient (Wildman–Crippen LogP) is 7.37. The zero-order chi connectivity index (χ0) is 20.5. The van der Waals surface area contributed by atoms with Crippen molar-refractivity contribution in [2.24, 2.45) is 0 Å². The molecule has 0 aliphatic carbocycles. The van der Waals surface area contributed by atoms with E-state index in [1.54, 1.807) is 0 Å². The lowest BCUT2D eigenvalue weighted by atomic mass is 9.96. The monoisotopic (exact) mass is 388 g/mol. The van der Waals surface area contributed by atoms with Crippen molar-refractivity contribution in [3.8, 4) is 0 Å². The lowest BCUT2D eigenvalue weighted by Crippen LogP contribution is -2.03. The third-order valence-corrected chi connectivity index (χ3v) is 5.38. The number of unbranched alkanes of at least 4 members (excludes halogenated alkanes) is 11. The normalized spacial score (nSPS) is 10.9. The maximum absolute atomic E-state index is 12.2. The number of benzene rings is 1. The average molecular weight is 389 g/mol. The first-order valence-corrected chi connectivity index (χ1v) is 11.5. The average Bonchev–Trinajstić information content (AvgIpc) is 2.68. The Balaban J connectivity index is 1.97. The summed E-state index contributed by atoms with van der Waals surface area (Å²) in [4.78, 5) is 22.6. The van der Waals surface area contributed by atoms with Crippen molar-refractivity contribution < 1.29 is 14.7 Å². The SMILES string of the molecule is CCCC(=O)c1ccccc1CCCCCCCCCCCCCCC(=O)O. The van der Waals surface area contributed by atoms with Crippen LogP contribution in [0.4, 0.5) is 0 Å². The van der Waals surface area contributed by atoms with Crippen LogP contribution in [0.5, 0.6) is 0 Å². The number of hydrogen-bond donors (Lipinski definition) is 1. The van der Waals surface area contributed by atoms with Gasteiger partial charge in [-0.05, 0) is 31.2 Å². The van der Waals surface area contributed by atoms with Gasteiger partial charge < -0.3 is 5.11 Å². The van der Waals surface area contributed by atoms with Gasteiger partial charge in [0.25, 0.3) is 0 Å². The molecule has 1 N–H and O–H groups in total. The molecule has 0 aliphatic rings. The molecule has 28 heavy (non-hydrogen) atoms. The lowest BCUT2D eigenvalue weighted by Gasteiger charge is -2.08. The van der Waals surface area contributed by atoms with E-state index in [2.05, 4.69) is 13.0 Å². The molecule has 3 nitrogen and oxygen atoms in total. The maximum atomic E-state index is 12.2. The van der Waals surface area contributed by atoms with Crippen LogP contribution in [-0.2, 0) is 11.2 Å². The standard InChI is InChI=1S/C25H40O3/c1-2-17-24(26)23-20-16-15-19-22(23)18-13-11-9-7-5-3-4-6-8-10-12-14-21-25(27)28/h15-16,19-20H,2-14,17-18,21H2,1H3,(H,27,28). The van der Waals surface area contributed by atoms with E-state index in [9.17, 15) is 9.59 Å². The van der Waals surface area contributed by atoms with E-state index in [1.165, 1.54) is 69.8 Å². The minimum absolute atomic E-state index is 0.292. The van der Waals surface area contributed by atoms with Crippen LogP contribution in [0.3, 0.4) is 0 Å². The second kappa shape index (κ2) is 16.3. The molecule has 0 saturated heterocycles. The molecule has 1 rings (SSSR count). The highest BCUT2D eigenvalue weighted by Crippen LogP contribution is 2.17. The number of carboxylic acids is 1. The van der Waals surface area contributed by atoms with Crippen molar-refractivity contribution in [1.29, 1.82) is 0 Å². The molecule has 0 amide bonds. The number of carboxylic acid groups (broad SMARTS) is 1. The summed E-state index contributed by atoms with van der Waals surface area (Å²) < 4.78 is 0. The zero-order valence-corrected chi connectivity index (χ0v) is 17.9. The number of Topliss-reactive ketones (excluding diaryl/α,β-unsaturated/α-hetero) is 1. The summed E-state index contributed by atoms with van der Waals surface area (Å²) in [6.07, 6.45) is 17.5. The van der Waals surface area contributed by atoms with Gasteiger partial charge in [-0.25, -0.2) is 0 Å². The van der Waals surface area contributed by atoms with Crippen LogP contribution in [0.15, 0.2) is 24.3 Å². The fourth-order valence-corrected chi connectivity index (χ4v) is 3.73. The molecular formula is C25H40O3. The first-order chi connectivity index (χ1) is 13.6. The topological polar surface area (TPSA) is 54.4 Å². The highest BCUT2D eigenvalue weighted by atomic mass is 16.4. The highest BCUT2D eigenvalue weighted by Gasteiger charge is 2.09. The van der Waals surface area contributed by atoms with Gasteiger partial charge in [0.15, 0.2) is 5.78 Å². The van der Waals surface area contributed by atoms with Crippen LogP contribution in [0.2, 0.25) is 0 Å². The molecule has 0 atom stereocenters. The van der Waals surface area contributed by atoms with Gasteiger partial charge in [-0.2, -0.15) is 0 Å².